The van der Waals surface area contributed by atoms with Gasteiger partial charge in [0.1, 0.15) is 11.5 Å². The third kappa shape index (κ3) is 2.04. The summed E-state index contributed by atoms with van der Waals surface area (Å²) in [4.78, 5) is 18.3. The van der Waals surface area contributed by atoms with Crippen LogP contribution in [0.2, 0.25) is 5.15 Å². The molecule has 0 spiro atoms. The number of aromatic nitrogens is 2. The molecule has 3 rings (SSSR count). The van der Waals surface area contributed by atoms with Gasteiger partial charge in [-0.1, -0.05) is 23.7 Å². The molecule has 20 heavy (non-hydrogen) atoms. The van der Waals surface area contributed by atoms with E-state index in [2.05, 4.69) is 25.9 Å². The van der Waals surface area contributed by atoms with Crippen LogP contribution < -0.4 is 0 Å². The predicted molar refractivity (Wildman–Crippen MR) is 76.6 cm³/mol. The first-order chi connectivity index (χ1) is 9.58. The van der Waals surface area contributed by atoms with E-state index in [9.17, 15) is 10.1 Å². The van der Waals surface area contributed by atoms with Gasteiger partial charge < -0.3 is 4.42 Å². The van der Waals surface area contributed by atoms with E-state index in [0.29, 0.717) is 26.9 Å². The van der Waals surface area contributed by atoms with E-state index in [1.807, 2.05) is 0 Å². The van der Waals surface area contributed by atoms with Crippen LogP contribution >= 0.6 is 27.5 Å². The highest BCUT2D eigenvalue weighted by Gasteiger charge is 2.20. The molecular formula is C12H5BrClN3O3. The molecule has 0 atom stereocenters. The van der Waals surface area contributed by atoms with Gasteiger partial charge in [0.25, 0.3) is 5.69 Å². The number of nitrogens with zero attached hydrogens (tertiary/aromatic N) is 3. The second-order valence-electron chi connectivity index (χ2n) is 3.90. The summed E-state index contributed by atoms with van der Waals surface area (Å²) in [7, 11) is 0. The molecule has 0 bridgehead atoms. The highest BCUT2D eigenvalue weighted by Crippen LogP contribution is 2.40. The van der Waals surface area contributed by atoms with Crippen LogP contribution in [0, 0.1) is 10.1 Å². The van der Waals surface area contributed by atoms with Crippen molar-refractivity contribution < 1.29 is 9.34 Å². The zero-order valence-electron chi connectivity index (χ0n) is 9.71. The minimum absolute atomic E-state index is 0.0169. The van der Waals surface area contributed by atoms with Gasteiger partial charge in [-0.25, -0.2) is 9.97 Å². The molecule has 0 N–H and O–H groups in total. The van der Waals surface area contributed by atoms with Crippen molar-refractivity contribution in [1.82, 2.24) is 9.97 Å². The Bertz CT molecular complexity index is 834. The molecule has 8 heteroatoms. The molecular weight excluding hydrogens is 350 g/mol. The molecule has 6 nitrogen and oxygen atoms in total. The molecule has 0 saturated heterocycles. The minimum Gasteiger partial charge on any atom is -0.430 e. The van der Waals surface area contributed by atoms with Crippen molar-refractivity contribution in [2.75, 3.05) is 0 Å². The van der Waals surface area contributed by atoms with Crippen molar-refractivity contribution >= 4 is 44.3 Å². The lowest BCUT2D eigenvalue weighted by Crippen LogP contribution is -1.88. The van der Waals surface area contributed by atoms with Gasteiger partial charge in [-0.2, -0.15) is 0 Å². The summed E-state index contributed by atoms with van der Waals surface area (Å²) in [5.41, 5.74) is 1.49. The van der Waals surface area contributed by atoms with Crippen LogP contribution in [0.15, 0.2) is 39.7 Å². The number of nitro benzene ring substituents is 1. The Labute approximate surface area is 125 Å². The van der Waals surface area contributed by atoms with Crippen LogP contribution in [0.25, 0.3) is 22.2 Å². The molecule has 0 aliphatic heterocycles. The maximum atomic E-state index is 10.9. The Morgan fingerprint density at radius 1 is 1.35 bits per heavy atom. The van der Waals surface area contributed by atoms with Crippen molar-refractivity contribution in [3.63, 3.8) is 0 Å². The Morgan fingerprint density at radius 3 is 2.90 bits per heavy atom. The third-order valence-electron chi connectivity index (χ3n) is 2.74. The number of rotatable bonds is 2. The molecule has 2 aromatic heterocycles. The van der Waals surface area contributed by atoms with Crippen molar-refractivity contribution in [2.45, 2.75) is 0 Å². The Hall–Kier alpha value is -1.99. The van der Waals surface area contributed by atoms with Gasteiger partial charge in [0, 0.05) is 17.7 Å². The number of benzene rings is 1. The van der Waals surface area contributed by atoms with Crippen LogP contribution in [0.1, 0.15) is 0 Å². The first-order valence-corrected chi connectivity index (χ1v) is 6.58. The van der Waals surface area contributed by atoms with E-state index < -0.39 is 4.92 Å². The SMILES string of the molecule is O=[N+]([O-])c1cccc(-c2c(Br)oc3ncnc(Cl)c23)c1. The van der Waals surface area contributed by atoms with Crippen LogP contribution in [0.3, 0.4) is 0 Å². The van der Waals surface area contributed by atoms with E-state index in [0.717, 1.165) is 0 Å². The molecule has 3 aromatic rings. The largest absolute Gasteiger partial charge is 0.430 e. The van der Waals surface area contributed by atoms with Crippen molar-refractivity contribution in [3.05, 3.63) is 50.5 Å². The van der Waals surface area contributed by atoms with Gasteiger partial charge >= 0.3 is 0 Å². The van der Waals surface area contributed by atoms with Crippen LogP contribution in [0.4, 0.5) is 5.69 Å². The number of furan rings is 1. The first-order valence-electron chi connectivity index (χ1n) is 5.41. The number of fused-ring (bicyclic) bond motifs is 1. The number of hydrogen-bond donors (Lipinski definition) is 0. The van der Waals surface area contributed by atoms with Gasteiger partial charge in [-0.15, -0.1) is 0 Å². The molecule has 0 aliphatic rings. The zero-order valence-corrected chi connectivity index (χ0v) is 12.1. The average Bonchev–Trinajstić information content (AvgIpc) is 2.76. The Morgan fingerprint density at radius 2 is 2.15 bits per heavy atom. The second kappa shape index (κ2) is 4.84. The van der Waals surface area contributed by atoms with Crippen molar-refractivity contribution in [2.24, 2.45) is 0 Å². The van der Waals surface area contributed by atoms with Gasteiger partial charge in [0.2, 0.25) is 5.71 Å². The van der Waals surface area contributed by atoms with Gasteiger partial charge in [-0.3, -0.25) is 10.1 Å². The van der Waals surface area contributed by atoms with E-state index in [-0.39, 0.29) is 10.8 Å². The normalized spacial score (nSPS) is 10.9. The zero-order chi connectivity index (χ0) is 14.3. The lowest BCUT2D eigenvalue weighted by atomic mass is 10.1. The molecule has 0 amide bonds. The molecule has 0 unspecified atom stereocenters. The lowest BCUT2D eigenvalue weighted by molar-refractivity contribution is -0.384. The van der Waals surface area contributed by atoms with Crippen LogP contribution in [-0.2, 0) is 0 Å². The quantitative estimate of drug-likeness (QED) is 0.391. The molecule has 0 radical (unpaired) electrons. The van der Waals surface area contributed by atoms with Crippen molar-refractivity contribution in [1.29, 1.82) is 0 Å². The fourth-order valence-electron chi connectivity index (χ4n) is 1.90. The summed E-state index contributed by atoms with van der Waals surface area (Å²) < 4.78 is 5.84. The topological polar surface area (TPSA) is 82.1 Å². The minimum atomic E-state index is -0.461. The second-order valence-corrected chi connectivity index (χ2v) is 4.98. The molecule has 100 valence electrons. The smallest absolute Gasteiger partial charge is 0.270 e. The summed E-state index contributed by atoms with van der Waals surface area (Å²) >= 11 is 9.34. The van der Waals surface area contributed by atoms with E-state index in [4.69, 9.17) is 16.0 Å². The Kier molecular flexibility index (Phi) is 3.15. The monoisotopic (exact) mass is 353 g/mol. The van der Waals surface area contributed by atoms with Gasteiger partial charge in [-0.05, 0) is 21.5 Å². The van der Waals surface area contributed by atoms with E-state index in [1.165, 1.54) is 18.5 Å². The molecule has 0 aliphatic carbocycles. The van der Waals surface area contributed by atoms with E-state index in [1.54, 1.807) is 12.1 Å². The number of non-ortho nitro benzene ring substituents is 1. The summed E-state index contributed by atoms with van der Waals surface area (Å²) in [6.07, 6.45) is 1.29. The van der Waals surface area contributed by atoms with E-state index >= 15 is 0 Å². The van der Waals surface area contributed by atoms with Gasteiger partial charge in [0.15, 0.2) is 4.67 Å². The van der Waals surface area contributed by atoms with Crippen molar-refractivity contribution in [3.8, 4) is 11.1 Å². The fraction of sp³-hybridized carbons (Fsp3) is 0. The fourth-order valence-corrected chi connectivity index (χ4v) is 2.70. The molecule has 2 heterocycles. The maximum Gasteiger partial charge on any atom is 0.270 e. The lowest BCUT2D eigenvalue weighted by Gasteiger charge is -2.00. The summed E-state index contributed by atoms with van der Waals surface area (Å²) in [5, 5.41) is 11.6. The highest BCUT2D eigenvalue weighted by atomic mass is 79.9. The summed E-state index contributed by atoms with van der Waals surface area (Å²) in [5.74, 6) is 0. The predicted octanol–water partition coefficient (Wildman–Crippen LogP) is 4.21. The number of nitro groups is 1. The molecule has 1 aromatic carbocycles. The highest BCUT2D eigenvalue weighted by molar-refractivity contribution is 9.10. The van der Waals surface area contributed by atoms with Crippen LogP contribution in [0.5, 0.6) is 0 Å². The summed E-state index contributed by atoms with van der Waals surface area (Å²) in [6, 6.07) is 6.18. The summed E-state index contributed by atoms with van der Waals surface area (Å²) in [6.45, 7) is 0. The van der Waals surface area contributed by atoms with Gasteiger partial charge in [0.05, 0.1) is 10.3 Å². The van der Waals surface area contributed by atoms with Crippen LogP contribution in [-0.4, -0.2) is 14.9 Å². The third-order valence-corrected chi connectivity index (χ3v) is 3.59. The average molecular weight is 355 g/mol. The molecule has 0 fully saturated rings. The standard InChI is InChI=1S/C12H5BrClN3O3/c13-10-8(6-2-1-3-7(4-6)17(18)19)9-11(14)15-5-16-12(9)20-10/h1-5H. The first kappa shape index (κ1) is 13.0. The number of hydrogen-bond acceptors (Lipinski definition) is 5. The molecule has 0 saturated carbocycles. The maximum absolute atomic E-state index is 10.9. The number of halogens is 2. The Balaban J connectivity index is 2.32.